The van der Waals surface area contributed by atoms with Crippen molar-refractivity contribution in [3.8, 4) is 0 Å². The van der Waals surface area contributed by atoms with Crippen molar-refractivity contribution < 1.29 is 4.74 Å². The standard InChI is InChI=1S/C22H36N6O/c1-23-22(25-12-16-27(2)14-8-18-29-3)26-19-21-24-13-17-28(21)15-7-11-20-9-5-4-6-10-20/h4-6,9-10,13,17H,7-8,11-12,14-16,18-19H2,1-3H3,(H2,23,25,26). The molecule has 2 rings (SSSR count). The van der Waals surface area contributed by atoms with Gasteiger partial charge in [0.05, 0.1) is 6.54 Å². The molecule has 7 heteroatoms. The largest absolute Gasteiger partial charge is 0.385 e. The van der Waals surface area contributed by atoms with Gasteiger partial charge in [-0.05, 0) is 31.9 Å². The summed E-state index contributed by atoms with van der Waals surface area (Å²) < 4.78 is 7.31. The van der Waals surface area contributed by atoms with Crippen LogP contribution in [-0.4, -0.2) is 67.9 Å². The van der Waals surface area contributed by atoms with Gasteiger partial charge in [0.1, 0.15) is 5.82 Å². The molecular weight excluding hydrogens is 364 g/mol. The zero-order valence-electron chi connectivity index (χ0n) is 18.1. The predicted octanol–water partition coefficient (Wildman–Crippen LogP) is 2.15. The van der Waals surface area contributed by atoms with E-state index < -0.39 is 0 Å². The SMILES string of the molecule is CN=C(NCCN(C)CCCOC)NCc1nccn1CCCc1ccccc1. The molecule has 160 valence electrons. The first-order chi connectivity index (χ1) is 14.2. The Bertz CT molecular complexity index is 700. The van der Waals surface area contributed by atoms with Crippen LogP contribution in [0.4, 0.5) is 0 Å². The van der Waals surface area contributed by atoms with Crippen molar-refractivity contribution in [2.45, 2.75) is 32.4 Å². The molecule has 1 aromatic carbocycles. The van der Waals surface area contributed by atoms with E-state index in [1.807, 2.05) is 12.4 Å². The van der Waals surface area contributed by atoms with Gasteiger partial charge in [-0.1, -0.05) is 30.3 Å². The molecule has 0 radical (unpaired) electrons. The molecule has 2 N–H and O–H groups in total. The molecule has 2 aromatic rings. The van der Waals surface area contributed by atoms with Crippen molar-refractivity contribution >= 4 is 5.96 Å². The average molecular weight is 401 g/mol. The summed E-state index contributed by atoms with van der Waals surface area (Å²) in [5.74, 6) is 1.83. The first-order valence-electron chi connectivity index (χ1n) is 10.4. The van der Waals surface area contributed by atoms with Gasteiger partial charge >= 0.3 is 0 Å². The number of methoxy groups -OCH3 is 1. The number of guanidine groups is 1. The topological polar surface area (TPSA) is 66.7 Å². The van der Waals surface area contributed by atoms with Crippen molar-refractivity contribution in [1.29, 1.82) is 0 Å². The highest BCUT2D eigenvalue weighted by Gasteiger charge is 2.05. The maximum atomic E-state index is 5.10. The molecule has 0 fully saturated rings. The van der Waals surface area contributed by atoms with E-state index in [1.165, 1.54) is 5.56 Å². The quantitative estimate of drug-likeness (QED) is 0.306. The minimum absolute atomic E-state index is 0.654. The van der Waals surface area contributed by atoms with Crippen LogP contribution < -0.4 is 10.6 Å². The fourth-order valence-corrected chi connectivity index (χ4v) is 3.15. The van der Waals surface area contributed by atoms with Crippen LogP contribution in [0.1, 0.15) is 24.2 Å². The molecule has 0 saturated heterocycles. The number of ether oxygens (including phenoxy) is 1. The number of hydrogen-bond acceptors (Lipinski definition) is 4. The predicted molar refractivity (Wildman–Crippen MR) is 119 cm³/mol. The Morgan fingerprint density at radius 1 is 1.17 bits per heavy atom. The van der Waals surface area contributed by atoms with Gasteiger partial charge in [-0.3, -0.25) is 4.99 Å². The van der Waals surface area contributed by atoms with Crippen LogP contribution >= 0.6 is 0 Å². The third-order valence-electron chi connectivity index (χ3n) is 4.82. The fourth-order valence-electron chi connectivity index (χ4n) is 3.15. The fraction of sp³-hybridized carbons (Fsp3) is 0.545. The molecule has 0 aliphatic heterocycles. The van der Waals surface area contributed by atoms with Crippen LogP contribution in [0.3, 0.4) is 0 Å². The Balaban J connectivity index is 1.68. The second kappa shape index (κ2) is 13.7. The van der Waals surface area contributed by atoms with Gasteiger partial charge < -0.3 is 24.8 Å². The number of aromatic nitrogens is 2. The lowest BCUT2D eigenvalue weighted by molar-refractivity contribution is 0.180. The second-order valence-electron chi connectivity index (χ2n) is 7.13. The number of aryl methyl sites for hydroxylation is 2. The Morgan fingerprint density at radius 3 is 2.76 bits per heavy atom. The van der Waals surface area contributed by atoms with Crippen molar-refractivity contribution in [3.63, 3.8) is 0 Å². The Morgan fingerprint density at radius 2 is 2.00 bits per heavy atom. The van der Waals surface area contributed by atoms with Crippen LogP contribution in [0, 0.1) is 0 Å². The van der Waals surface area contributed by atoms with Crippen molar-refractivity contribution in [2.75, 3.05) is 47.4 Å². The number of nitrogens with zero attached hydrogens (tertiary/aromatic N) is 4. The monoisotopic (exact) mass is 400 g/mol. The molecule has 0 atom stereocenters. The van der Waals surface area contributed by atoms with Gasteiger partial charge in [-0.15, -0.1) is 0 Å². The number of benzene rings is 1. The van der Waals surface area contributed by atoms with Crippen LogP contribution in [0.25, 0.3) is 0 Å². The summed E-state index contributed by atoms with van der Waals surface area (Å²) in [5, 5.41) is 6.73. The van der Waals surface area contributed by atoms with Crippen LogP contribution in [0.5, 0.6) is 0 Å². The highest BCUT2D eigenvalue weighted by molar-refractivity contribution is 5.79. The maximum absolute atomic E-state index is 5.10. The minimum Gasteiger partial charge on any atom is -0.385 e. The van der Waals surface area contributed by atoms with E-state index in [2.05, 4.69) is 67.5 Å². The number of nitrogens with one attached hydrogen (secondary N) is 2. The third-order valence-corrected chi connectivity index (χ3v) is 4.82. The molecule has 0 bridgehead atoms. The van der Waals surface area contributed by atoms with Crippen molar-refractivity contribution in [2.24, 2.45) is 4.99 Å². The molecule has 0 spiro atoms. The molecule has 1 heterocycles. The lowest BCUT2D eigenvalue weighted by Crippen LogP contribution is -2.41. The van der Waals surface area contributed by atoms with E-state index in [9.17, 15) is 0 Å². The molecule has 0 aliphatic rings. The summed E-state index contributed by atoms with van der Waals surface area (Å²) in [7, 11) is 5.66. The van der Waals surface area contributed by atoms with Gasteiger partial charge in [0.25, 0.3) is 0 Å². The molecule has 0 saturated carbocycles. The second-order valence-corrected chi connectivity index (χ2v) is 7.13. The molecular formula is C22H36N6O. The minimum atomic E-state index is 0.654. The molecule has 29 heavy (non-hydrogen) atoms. The third kappa shape index (κ3) is 9.11. The smallest absolute Gasteiger partial charge is 0.191 e. The summed E-state index contributed by atoms with van der Waals surface area (Å²) in [5.41, 5.74) is 1.38. The average Bonchev–Trinajstić information content (AvgIpc) is 3.19. The first kappa shape index (κ1) is 22.9. The van der Waals surface area contributed by atoms with E-state index in [1.54, 1.807) is 14.2 Å². The highest BCUT2D eigenvalue weighted by Crippen LogP contribution is 2.05. The molecule has 0 amide bonds. The van der Waals surface area contributed by atoms with E-state index >= 15 is 0 Å². The number of imidazole rings is 1. The number of rotatable bonds is 13. The van der Waals surface area contributed by atoms with Crippen LogP contribution in [0.15, 0.2) is 47.7 Å². The van der Waals surface area contributed by atoms with Crippen molar-refractivity contribution in [1.82, 2.24) is 25.1 Å². The lowest BCUT2D eigenvalue weighted by Gasteiger charge is -2.18. The zero-order valence-corrected chi connectivity index (χ0v) is 18.1. The molecule has 0 aliphatic carbocycles. The van der Waals surface area contributed by atoms with Crippen molar-refractivity contribution in [3.05, 3.63) is 54.1 Å². The number of aliphatic imine (C=N–C) groups is 1. The Labute approximate surface area is 175 Å². The van der Waals surface area contributed by atoms with E-state index in [4.69, 9.17) is 4.74 Å². The first-order valence-corrected chi connectivity index (χ1v) is 10.4. The maximum Gasteiger partial charge on any atom is 0.191 e. The van der Waals surface area contributed by atoms with Crippen LogP contribution in [-0.2, 0) is 24.2 Å². The summed E-state index contributed by atoms with van der Waals surface area (Å²) in [4.78, 5) is 11.1. The van der Waals surface area contributed by atoms with Gasteiger partial charge in [0.15, 0.2) is 5.96 Å². The van der Waals surface area contributed by atoms with Gasteiger partial charge in [-0.2, -0.15) is 0 Å². The Kier molecular flexibility index (Phi) is 10.9. The van der Waals surface area contributed by atoms with E-state index in [0.717, 1.165) is 63.8 Å². The van der Waals surface area contributed by atoms with E-state index in [0.29, 0.717) is 6.54 Å². The summed E-state index contributed by atoms with van der Waals surface area (Å²) in [6.45, 7) is 5.25. The summed E-state index contributed by atoms with van der Waals surface area (Å²) in [6.07, 6.45) is 7.13. The normalized spacial score (nSPS) is 11.8. The number of likely N-dealkylation sites (N-methyl/N-ethyl adjacent to an activating group) is 1. The van der Waals surface area contributed by atoms with Gasteiger partial charge in [0.2, 0.25) is 0 Å². The summed E-state index contributed by atoms with van der Waals surface area (Å²) in [6, 6.07) is 10.6. The number of hydrogen-bond donors (Lipinski definition) is 2. The van der Waals surface area contributed by atoms with Gasteiger partial charge in [-0.25, -0.2) is 4.98 Å². The van der Waals surface area contributed by atoms with Gasteiger partial charge in [0, 0.05) is 59.3 Å². The molecule has 0 unspecified atom stereocenters. The van der Waals surface area contributed by atoms with Crippen LogP contribution in [0.2, 0.25) is 0 Å². The lowest BCUT2D eigenvalue weighted by atomic mass is 10.1. The molecule has 7 nitrogen and oxygen atoms in total. The Hall–Kier alpha value is -2.38. The molecule has 1 aromatic heterocycles. The summed E-state index contributed by atoms with van der Waals surface area (Å²) >= 11 is 0. The zero-order chi connectivity index (χ0) is 20.7. The highest BCUT2D eigenvalue weighted by atomic mass is 16.5. The van der Waals surface area contributed by atoms with E-state index in [-0.39, 0.29) is 0 Å².